The molecule has 0 saturated carbocycles. The predicted molar refractivity (Wildman–Crippen MR) is 116 cm³/mol. The summed E-state index contributed by atoms with van der Waals surface area (Å²) in [5, 5.41) is 7.32. The van der Waals surface area contributed by atoms with Crippen LogP contribution in [0.5, 0.6) is 5.75 Å². The van der Waals surface area contributed by atoms with E-state index in [0.29, 0.717) is 13.2 Å². The van der Waals surface area contributed by atoms with Crippen LogP contribution in [-0.4, -0.2) is 15.7 Å². The quantitative estimate of drug-likeness (QED) is 0.480. The second-order valence-corrected chi connectivity index (χ2v) is 6.94. The third-order valence-electron chi connectivity index (χ3n) is 4.76. The molecule has 0 aliphatic carbocycles. The number of para-hydroxylation sites is 1. The number of carbonyl (C=O) groups is 1. The largest absolute Gasteiger partial charge is 0.489 e. The van der Waals surface area contributed by atoms with Gasteiger partial charge in [0.15, 0.2) is 6.04 Å². The molecule has 3 aromatic carbocycles. The van der Waals surface area contributed by atoms with Crippen molar-refractivity contribution in [2.24, 2.45) is 0 Å². The Hall–Kier alpha value is -3.86. The van der Waals surface area contributed by atoms with Gasteiger partial charge in [-0.25, -0.2) is 0 Å². The van der Waals surface area contributed by atoms with Crippen molar-refractivity contribution < 1.29 is 9.53 Å². The van der Waals surface area contributed by atoms with Crippen molar-refractivity contribution in [1.82, 2.24) is 15.1 Å². The molecular formula is C25H23N3O2. The second-order valence-electron chi connectivity index (χ2n) is 6.94. The highest BCUT2D eigenvalue weighted by molar-refractivity contribution is 5.83. The van der Waals surface area contributed by atoms with E-state index in [1.807, 2.05) is 84.9 Å². The van der Waals surface area contributed by atoms with Gasteiger partial charge in [0.1, 0.15) is 12.4 Å². The van der Waals surface area contributed by atoms with Gasteiger partial charge in [0.2, 0.25) is 5.91 Å². The lowest BCUT2D eigenvalue weighted by molar-refractivity contribution is -0.123. The van der Waals surface area contributed by atoms with E-state index in [0.717, 1.165) is 22.4 Å². The van der Waals surface area contributed by atoms with Crippen molar-refractivity contribution in [2.75, 3.05) is 0 Å². The van der Waals surface area contributed by atoms with Gasteiger partial charge < -0.3 is 10.1 Å². The van der Waals surface area contributed by atoms with Crippen molar-refractivity contribution in [2.45, 2.75) is 19.2 Å². The first kappa shape index (κ1) is 19.5. The van der Waals surface area contributed by atoms with Crippen LogP contribution in [0, 0.1) is 0 Å². The zero-order chi connectivity index (χ0) is 20.6. The van der Waals surface area contributed by atoms with Crippen LogP contribution < -0.4 is 10.1 Å². The van der Waals surface area contributed by atoms with Gasteiger partial charge in [-0.1, -0.05) is 72.8 Å². The highest BCUT2D eigenvalue weighted by Gasteiger charge is 2.22. The summed E-state index contributed by atoms with van der Waals surface area (Å²) in [6, 6.07) is 28.7. The molecule has 1 atom stereocenters. The Bertz CT molecular complexity index is 1060. The number of nitrogens with zero attached hydrogens (tertiary/aromatic N) is 2. The summed E-state index contributed by atoms with van der Waals surface area (Å²) in [6.07, 6.45) is 3.48. The van der Waals surface area contributed by atoms with Crippen LogP contribution in [-0.2, 0) is 17.9 Å². The van der Waals surface area contributed by atoms with Gasteiger partial charge in [-0.15, -0.1) is 0 Å². The number of carbonyl (C=O) groups excluding carboxylic acids is 1. The Labute approximate surface area is 175 Å². The average Bonchev–Trinajstić information content (AvgIpc) is 3.32. The summed E-state index contributed by atoms with van der Waals surface area (Å²) in [4.78, 5) is 13.0. The summed E-state index contributed by atoms with van der Waals surface area (Å²) < 4.78 is 7.49. The van der Waals surface area contributed by atoms with Gasteiger partial charge in [0.25, 0.3) is 0 Å². The molecule has 1 heterocycles. The number of benzene rings is 3. The van der Waals surface area contributed by atoms with Crippen LogP contribution in [0.3, 0.4) is 0 Å². The maximum Gasteiger partial charge on any atom is 0.249 e. The molecular weight excluding hydrogens is 374 g/mol. The van der Waals surface area contributed by atoms with E-state index >= 15 is 0 Å². The molecule has 0 radical (unpaired) electrons. The standard InChI is InChI=1S/C25H23N3O2/c29-25(24(28-16-8-15-27-28)22-11-3-1-4-12-22)26-18-20-9-7-10-21(17-20)19-30-23-13-5-2-6-14-23/h1-17,24H,18-19H2,(H,26,29). The third-order valence-corrected chi connectivity index (χ3v) is 4.76. The SMILES string of the molecule is O=C(NCc1cccc(COc2ccccc2)c1)C(c1ccccc1)n1cccn1. The molecule has 5 heteroatoms. The van der Waals surface area contributed by atoms with Crippen molar-refractivity contribution in [3.05, 3.63) is 120 Å². The Balaban J connectivity index is 1.41. The summed E-state index contributed by atoms with van der Waals surface area (Å²) >= 11 is 0. The number of hydrogen-bond donors (Lipinski definition) is 1. The number of amides is 1. The summed E-state index contributed by atoms with van der Waals surface area (Å²) in [6.45, 7) is 0.911. The fraction of sp³-hybridized carbons (Fsp3) is 0.120. The lowest BCUT2D eigenvalue weighted by atomic mass is 10.1. The van der Waals surface area contributed by atoms with Gasteiger partial charge in [-0.2, -0.15) is 5.10 Å². The van der Waals surface area contributed by atoms with E-state index < -0.39 is 6.04 Å². The molecule has 0 fully saturated rings. The monoisotopic (exact) mass is 397 g/mol. The molecule has 150 valence electrons. The molecule has 5 nitrogen and oxygen atoms in total. The van der Waals surface area contributed by atoms with Crippen molar-refractivity contribution in [3.63, 3.8) is 0 Å². The zero-order valence-electron chi connectivity index (χ0n) is 16.5. The second kappa shape index (κ2) is 9.56. The van der Waals surface area contributed by atoms with E-state index in [4.69, 9.17) is 4.74 Å². The Morgan fingerprint density at radius 2 is 1.63 bits per heavy atom. The minimum Gasteiger partial charge on any atom is -0.489 e. The van der Waals surface area contributed by atoms with Gasteiger partial charge in [-0.05, 0) is 34.9 Å². The Morgan fingerprint density at radius 1 is 0.900 bits per heavy atom. The summed E-state index contributed by atoms with van der Waals surface area (Å²) in [5.41, 5.74) is 2.96. The number of ether oxygens (including phenoxy) is 1. The molecule has 0 bridgehead atoms. The lowest BCUT2D eigenvalue weighted by Gasteiger charge is -2.18. The maximum absolute atomic E-state index is 13.0. The molecule has 30 heavy (non-hydrogen) atoms. The molecule has 1 N–H and O–H groups in total. The first-order chi connectivity index (χ1) is 14.8. The van der Waals surface area contributed by atoms with Crippen LogP contribution in [0.1, 0.15) is 22.7 Å². The van der Waals surface area contributed by atoms with Crippen LogP contribution in [0.2, 0.25) is 0 Å². The molecule has 1 amide bonds. The molecule has 4 aromatic rings. The molecule has 4 rings (SSSR count). The van der Waals surface area contributed by atoms with Crippen molar-refractivity contribution in [1.29, 1.82) is 0 Å². The Kier molecular flexibility index (Phi) is 6.20. The van der Waals surface area contributed by atoms with Crippen molar-refractivity contribution in [3.8, 4) is 5.75 Å². The van der Waals surface area contributed by atoms with E-state index in [9.17, 15) is 4.79 Å². The van der Waals surface area contributed by atoms with E-state index in [1.165, 1.54) is 0 Å². The first-order valence-corrected chi connectivity index (χ1v) is 9.87. The molecule has 1 unspecified atom stereocenters. The molecule has 0 aliphatic rings. The van der Waals surface area contributed by atoms with Crippen LogP contribution in [0.25, 0.3) is 0 Å². The summed E-state index contributed by atoms with van der Waals surface area (Å²) in [7, 11) is 0. The van der Waals surface area contributed by atoms with Gasteiger partial charge in [0.05, 0.1) is 0 Å². The van der Waals surface area contributed by atoms with E-state index in [1.54, 1.807) is 17.1 Å². The van der Waals surface area contributed by atoms with Crippen molar-refractivity contribution >= 4 is 5.91 Å². The fourth-order valence-electron chi connectivity index (χ4n) is 3.29. The van der Waals surface area contributed by atoms with Gasteiger partial charge in [-0.3, -0.25) is 9.48 Å². The fourth-order valence-corrected chi connectivity index (χ4v) is 3.29. The average molecular weight is 397 g/mol. The highest BCUT2D eigenvalue weighted by Crippen LogP contribution is 2.18. The molecule has 1 aromatic heterocycles. The highest BCUT2D eigenvalue weighted by atomic mass is 16.5. The van der Waals surface area contributed by atoms with E-state index in [2.05, 4.69) is 16.5 Å². The third kappa shape index (κ3) is 4.94. The van der Waals surface area contributed by atoms with Gasteiger partial charge in [0, 0.05) is 18.9 Å². The van der Waals surface area contributed by atoms with Crippen LogP contribution >= 0.6 is 0 Å². The maximum atomic E-state index is 13.0. The first-order valence-electron chi connectivity index (χ1n) is 9.87. The normalized spacial score (nSPS) is 11.6. The van der Waals surface area contributed by atoms with Gasteiger partial charge >= 0.3 is 0 Å². The molecule has 0 aliphatic heterocycles. The lowest BCUT2D eigenvalue weighted by Crippen LogP contribution is -2.33. The smallest absolute Gasteiger partial charge is 0.249 e. The topological polar surface area (TPSA) is 56.1 Å². The molecule has 0 spiro atoms. The van der Waals surface area contributed by atoms with Crippen LogP contribution in [0.4, 0.5) is 0 Å². The number of hydrogen-bond acceptors (Lipinski definition) is 3. The van der Waals surface area contributed by atoms with E-state index in [-0.39, 0.29) is 5.91 Å². The minimum absolute atomic E-state index is 0.101. The Morgan fingerprint density at radius 3 is 2.37 bits per heavy atom. The van der Waals surface area contributed by atoms with Crippen LogP contribution in [0.15, 0.2) is 103 Å². The number of nitrogens with one attached hydrogen (secondary N) is 1. The molecule has 0 saturated heterocycles. The summed E-state index contributed by atoms with van der Waals surface area (Å²) in [5.74, 6) is 0.733. The zero-order valence-corrected chi connectivity index (χ0v) is 16.5. The minimum atomic E-state index is -0.509. The number of aromatic nitrogens is 2. The predicted octanol–water partition coefficient (Wildman–Crippen LogP) is 4.37. The number of rotatable bonds is 8.